The summed E-state index contributed by atoms with van der Waals surface area (Å²) in [6.07, 6.45) is 0. The normalized spacial score (nSPS) is 11.2. The van der Waals surface area contributed by atoms with Crippen molar-refractivity contribution in [2.24, 2.45) is 0 Å². The fourth-order valence-corrected chi connectivity index (χ4v) is 4.84. The summed E-state index contributed by atoms with van der Waals surface area (Å²) >= 11 is 0. The zero-order chi connectivity index (χ0) is 24.6. The van der Waals surface area contributed by atoms with E-state index in [9.17, 15) is 0 Å². The van der Waals surface area contributed by atoms with E-state index in [0.717, 1.165) is 49.8 Å². The van der Waals surface area contributed by atoms with Gasteiger partial charge in [0.15, 0.2) is 17.5 Å². The Hall–Kier alpha value is -5.09. The van der Waals surface area contributed by atoms with Gasteiger partial charge in [0.25, 0.3) is 0 Å². The van der Waals surface area contributed by atoms with E-state index in [0.29, 0.717) is 17.5 Å². The molecule has 4 heteroatoms. The van der Waals surface area contributed by atoms with Crippen molar-refractivity contribution in [2.45, 2.75) is 0 Å². The first-order chi connectivity index (χ1) is 18.3. The van der Waals surface area contributed by atoms with Crippen molar-refractivity contribution in [3.05, 3.63) is 127 Å². The maximum atomic E-state index is 6.17. The molecule has 0 fully saturated rings. The average molecular weight is 476 g/mol. The Bertz CT molecular complexity index is 1820. The number of benzene rings is 5. The van der Waals surface area contributed by atoms with Gasteiger partial charge in [0.1, 0.15) is 11.2 Å². The molecule has 0 amide bonds. The second kappa shape index (κ2) is 8.85. The molecular weight excluding hydrogens is 454 g/mol. The van der Waals surface area contributed by atoms with Crippen LogP contribution in [0.3, 0.4) is 0 Å². The van der Waals surface area contributed by atoms with Crippen LogP contribution in [-0.2, 0) is 0 Å². The van der Waals surface area contributed by atoms with E-state index >= 15 is 0 Å². The van der Waals surface area contributed by atoms with Crippen molar-refractivity contribution < 1.29 is 4.42 Å². The SMILES string of the molecule is c1ccc(-c2nc(-c3ccccc3)nc(-c3ccccc3-c3cccc4oc5ccccc5c34)n2)cc1. The zero-order valence-electron chi connectivity index (χ0n) is 19.9. The Morgan fingerprint density at radius 2 is 0.892 bits per heavy atom. The van der Waals surface area contributed by atoms with E-state index in [1.165, 1.54) is 0 Å². The van der Waals surface area contributed by atoms with Gasteiger partial charge in [0.2, 0.25) is 0 Å². The largest absolute Gasteiger partial charge is 0.456 e. The molecule has 0 spiro atoms. The smallest absolute Gasteiger partial charge is 0.164 e. The minimum atomic E-state index is 0.633. The van der Waals surface area contributed by atoms with E-state index < -0.39 is 0 Å². The van der Waals surface area contributed by atoms with Gasteiger partial charge < -0.3 is 4.42 Å². The van der Waals surface area contributed by atoms with Crippen LogP contribution < -0.4 is 0 Å². The molecule has 0 aliphatic heterocycles. The molecule has 2 aromatic heterocycles. The van der Waals surface area contributed by atoms with Crippen LogP contribution in [0.4, 0.5) is 0 Å². The predicted octanol–water partition coefficient (Wildman–Crippen LogP) is 8.44. The molecule has 2 heterocycles. The Morgan fingerprint density at radius 1 is 0.378 bits per heavy atom. The van der Waals surface area contributed by atoms with Gasteiger partial charge in [-0.25, -0.2) is 15.0 Å². The van der Waals surface area contributed by atoms with E-state index in [4.69, 9.17) is 19.4 Å². The number of furan rings is 1. The predicted molar refractivity (Wildman–Crippen MR) is 149 cm³/mol. The molecule has 0 radical (unpaired) electrons. The maximum Gasteiger partial charge on any atom is 0.164 e. The Kier molecular flexibility index (Phi) is 5.07. The number of fused-ring (bicyclic) bond motifs is 3. The van der Waals surface area contributed by atoms with Crippen LogP contribution in [0.5, 0.6) is 0 Å². The molecule has 0 saturated heterocycles. The lowest BCUT2D eigenvalue weighted by Crippen LogP contribution is -2.01. The molecule has 0 unspecified atom stereocenters. The first-order valence-electron chi connectivity index (χ1n) is 12.2. The lowest BCUT2D eigenvalue weighted by Gasteiger charge is -2.12. The molecular formula is C33H21N3O. The molecule has 0 N–H and O–H groups in total. The highest BCUT2D eigenvalue weighted by atomic mass is 16.3. The molecule has 0 aliphatic rings. The van der Waals surface area contributed by atoms with E-state index in [-0.39, 0.29) is 0 Å². The Labute approximate surface area is 213 Å². The second-order valence-electron chi connectivity index (χ2n) is 8.86. The molecule has 0 aliphatic carbocycles. The van der Waals surface area contributed by atoms with Gasteiger partial charge in [-0.05, 0) is 23.3 Å². The Balaban J connectivity index is 1.49. The highest BCUT2D eigenvalue weighted by Crippen LogP contribution is 2.40. The van der Waals surface area contributed by atoms with Crippen molar-refractivity contribution in [1.82, 2.24) is 15.0 Å². The number of hydrogen-bond donors (Lipinski definition) is 0. The zero-order valence-corrected chi connectivity index (χ0v) is 19.9. The summed E-state index contributed by atoms with van der Waals surface area (Å²) in [4.78, 5) is 14.8. The van der Waals surface area contributed by atoms with Crippen LogP contribution in [0.1, 0.15) is 0 Å². The number of nitrogens with zero attached hydrogens (tertiary/aromatic N) is 3. The van der Waals surface area contributed by atoms with Gasteiger partial charge >= 0.3 is 0 Å². The van der Waals surface area contributed by atoms with E-state index in [1.54, 1.807) is 0 Å². The molecule has 0 atom stereocenters. The number of aromatic nitrogens is 3. The summed E-state index contributed by atoms with van der Waals surface area (Å²) in [5, 5.41) is 2.18. The number of rotatable bonds is 4. The highest BCUT2D eigenvalue weighted by Gasteiger charge is 2.18. The lowest BCUT2D eigenvalue weighted by atomic mass is 9.95. The molecule has 4 nitrogen and oxygen atoms in total. The van der Waals surface area contributed by atoms with Crippen molar-refractivity contribution in [2.75, 3.05) is 0 Å². The van der Waals surface area contributed by atoms with E-state index in [1.807, 2.05) is 97.1 Å². The second-order valence-corrected chi connectivity index (χ2v) is 8.86. The van der Waals surface area contributed by atoms with Crippen LogP contribution in [0, 0.1) is 0 Å². The van der Waals surface area contributed by atoms with Gasteiger partial charge in [-0.3, -0.25) is 0 Å². The third-order valence-corrected chi connectivity index (χ3v) is 6.56. The van der Waals surface area contributed by atoms with Gasteiger partial charge in [0.05, 0.1) is 0 Å². The van der Waals surface area contributed by atoms with Gasteiger partial charge in [0, 0.05) is 27.5 Å². The standard InChI is InChI=1S/C33H21N3O/c1-3-12-22(13-4-1)31-34-32(23-14-5-2-6-15-23)36-33(35-31)26-17-8-7-16-24(26)25-19-11-21-29-30(25)27-18-9-10-20-28(27)37-29/h1-21H. The molecule has 7 aromatic rings. The summed E-state index contributed by atoms with van der Waals surface area (Å²) in [5.41, 5.74) is 6.70. The van der Waals surface area contributed by atoms with Crippen LogP contribution in [-0.4, -0.2) is 15.0 Å². The fourth-order valence-electron chi connectivity index (χ4n) is 4.84. The quantitative estimate of drug-likeness (QED) is 0.256. The van der Waals surface area contributed by atoms with Crippen LogP contribution in [0.2, 0.25) is 0 Å². The highest BCUT2D eigenvalue weighted by molar-refractivity contribution is 6.13. The minimum absolute atomic E-state index is 0.633. The summed E-state index contributed by atoms with van der Waals surface area (Å²) in [6, 6.07) is 42.7. The first-order valence-corrected chi connectivity index (χ1v) is 12.2. The summed E-state index contributed by atoms with van der Waals surface area (Å²) in [5.74, 6) is 1.92. The van der Waals surface area contributed by atoms with Crippen molar-refractivity contribution in [1.29, 1.82) is 0 Å². The van der Waals surface area contributed by atoms with E-state index in [2.05, 4.69) is 30.3 Å². The van der Waals surface area contributed by atoms with Gasteiger partial charge in [-0.1, -0.05) is 115 Å². The maximum absolute atomic E-state index is 6.17. The monoisotopic (exact) mass is 475 g/mol. The van der Waals surface area contributed by atoms with Gasteiger partial charge in [-0.15, -0.1) is 0 Å². The van der Waals surface area contributed by atoms with Crippen molar-refractivity contribution in [3.63, 3.8) is 0 Å². The molecule has 0 bridgehead atoms. The Morgan fingerprint density at radius 3 is 1.59 bits per heavy atom. The van der Waals surface area contributed by atoms with Crippen molar-refractivity contribution >= 4 is 21.9 Å². The third-order valence-electron chi connectivity index (χ3n) is 6.56. The summed E-state index contributed by atoms with van der Waals surface area (Å²) in [7, 11) is 0. The number of hydrogen-bond acceptors (Lipinski definition) is 4. The molecule has 0 saturated carbocycles. The molecule has 174 valence electrons. The molecule has 37 heavy (non-hydrogen) atoms. The fraction of sp³-hybridized carbons (Fsp3) is 0. The first kappa shape index (κ1) is 21.2. The minimum Gasteiger partial charge on any atom is -0.456 e. The van der Waals surface area contributed by atoms with Crippen LogP contribution >= 0.6 is 0 Å². The van der Waals surface area contributed by atoms with Gasteiger partial charge in [-0.2, -0.15) is 0 Å². The average Bonchev–Trinajstić information content (AvgIpc) is 3.37. The molecule has 7 rings (SSSR count). The number of para-hydroxylation sites is 1. The molecule has 5 aromatic carbocycles. The summed E-state index contributed by atoms with van der Waals surface area (Å²) in [6.45, 7) is 0. The summed E-state index contributed by atoms with van der Waals surface area (Å²) < 4.78 is 6.17. The van der Waals surface area contributed by atoms with Crippen LogP contribution in [0.25, 0.3) is 67.2 Å². The van der Waals surface area contributed by atoms with Crippen molar-refractivity contribution in [3.8, 4) is 45.3 Å². The topological polar surface area (TPSA) is 51.8 Å². The lowest BCUT2D eigenvalue weighted by molar-refractivity contribution is 0.669. The third kappa shape index (κ3) is 3.76. The van der Waals surface area contributed by atoms with Crippen LogP contribution in [0.15, 0.2) is 132 Å².